The van der Waals surface area contributed by atoms with E-state index in [1.54, 1.807) is 0 Å². The Morgan fingerprint density at radius 3 is 2.19 bits per heavy atom. The first-order valence-corrected chi connectivity index (χ1v) is 7.55. The van der Waals surface area contributed by atoms with Crippen molar-refractivity contribution in [3.63, 3.8) is 0 Å². The molecule has 0 N–H and O–H groups in total. The number of rotatable bonds is 3. The summed E-state index contributed by atoms with van der Waals surface area (Å²) in [6, 6.07) is 4.45. The molecule has 2 rings (SSSR count). The lowest BCUT2D eigenvalue weighted by Gasteiger charge is -2.28. The molecular weight excluding hydrogens is 257 g/mol. The third-order valence-corrected chi connectivity index (χ3v) is 4.08. The molecule has 1 aromatic rings. The zero-order valence-corrected chi connectivity index (χ0v) is 13.9. The van der Waals surface area contributed by atoms with Gasteiger partial charge in [-0.3, -0.25) is 4.79 Å². The molecule has 0 fully saturated rings. The number of carbonyl (C=O) groups is 1. The van der Waals surface area contributed by atoms with Gasteiger partial charge in [-0.05, 0) is 39.5 Å². The van der Waals surface area contributed by atoms with Crippen LogP contribution in [0.15, 0.2) is 36.0 Å². The fourth-order valence-electron chi connectivity index (χ4n) is 3.11. The van der Waals surface area contributed by atoms with E-state index in [0.29, 0.717) is 0 Å². The minimum absolute atomic E-state index is 0.0358. The number of carbonyl (C=O) groups excluding carboxylic acids is 1. The Balaban J connectivity index is 2.35. The van der Waals surface area contributed by atoms with E-state index in [4.69, 9.17) is 0 Å². The van der Waals surface area contributed by atoms with Crippen molar-refractivity contribution < 1.29 is 4.79 Å². The van der Waals surface area contributed by atoms with Crippen LogP contribution in [0.3, 0.4) is 0 Å². The highest BCUT2D eigenvalue weighted by Crippen LogP contribution is 2.17. The van der Waals surface area contributed by atoms with Crippen LogP contribution < -0.4 is 5.46 Å². The monoisotopic (exact) mass is 281 g/mol. The number of aryl methyl sites for hydroxylation is 3. The van der Waals surface area contributed by atoms with Crippen molar-refractivity contribution in [2.24, 2.45) is 5.92 Å². The first-order chi connectivity index (χ1) is 9.81. The summed E-state index contributed by atoms with van der Waals surface area (Å²) in [5.41, 5.74) is 6.04. The number of allylic oxidation sites excluding steroid dienone is 2. The predicted octanol–water partition coefficient (Wildman–Crippen LogP) is 2.96. The molecule has 0 spiro atoms. The summed E-state index contributed by atoms with van der Waals surface area (Å²) in [5, 5.41) is 0. The molecule has 21 heavy (non-hydrogen) atoms. The van der Waals surface area contributed by atoms with Crippen LogP contribution in [0.2, 0.25) is 0 Å². The van der Waals surface area contributed by atoms with Crippen molar-refractivity contribution in [2.75, 3.05) is 7.05 Å². The molecule has 110 valence electrons. The molecule has 1 aliphatic rings. The van der Waals surface area contributed by atoms with Crippen LogP contribution in [-0.4, -0.2) is 24.5 Å². The maximum Gasteiger partial charge on any atom is 0.315 e. The van der Waals surface area contributed by atoms with Crippen molar-refractivity contribution >= 4 is 18.1 Å². The van der Waals surface area contributed by atoms with Crippen LogP contribution in [0.4, 0.5) is 0 Å². The SMILES string of the molecule is Cc1cc(C)c(B2C=CC(C(=O)C(C)C)=CN2C)c(C)c1. The summed E-state index contributed by atoms with van der Waals surface area (Å²) in [6.07, 6.45) is 3.96. The second-order valence-corrected chi connectivity index (χ2v) is 6.39. The van der Waals surface area contributed by atoms with Gasteiger partial charge in [-0.25, -0.2) is 0 Å². The third-order valence-electron chi connectivity index (χ3n) is 4.08. The van der Waals surface area contributed by atoms with Crippen LogP contribution in [0.1, 0.15) is 30.5 Å². The molecule has 0 aliphatic carbocycles. The Labute approximate surface area is 128 Å². The molecule has 2 nitrogen and oxygen atoms in total. The van der Waals surface area contributed by atoms with E-state index in [1.807, 2.05) is 33.2 Å². The van der Waals surface area contributed by atoms with E-state index in [-0.39, 0.29) is 18.5 Å². The van der Waals surface area contributed by atoms with E-state index >= 15 is 0 Å². The molecule has 1 heterocycles. The lowest BCUT2D eigenvalue weighted by Crippen LogP contribution is -2.46. The molecule has 1 aromatic carbocycles. The molecule has 0 bridgehead atoms. The average Bonchev–Trinajstić information content (AvgIpc) is 2.38. The molecule has 0 unspecified atom stereocenters. The Hall–Kier alpha value is -1.77. The highest BCUT2D eigenvalue weighted by Gasteiger charge is 2.26. The third kappa shape index (κ3) is 3.12. The van der Waals surface area contributed by atoms with Gasteiger partial charge in [0, 0.05) is 11.5 Å². The van der Waals surface area contributed by atoms with Gasteiger partial charge in [-0.15, -0.1) is 0 Å². The molecule has 3 heteroatoms. The Kier molecular flexibility index (Phi) is 4.41. The number of Topliss-reactive ketones (excluding diaryl/α,β-unsaturated/α-hetero) is 1. The highest BCUT2D eigenvalue weighted by atomic mass is 16.1. The molecule has 0 saturated carbocycles. The van der Waals surface area contributed by atoms with Gasteiger partial charge in [0.05, 0.1) is 0 Å². The van der Waals surface area contributed by atoms with Gasteiger partial charge in [0.2, 0.25) is 0 Å². The standard InChI is InChI=1S/C18H24BNO/c1-12(2)18(21)16-7-8-19(20(6)11-16)17-14(4)9-13(3)10-15(17)5/h7-12H,1-6H3. The zero-order chi connectivity index (χ0) is 15.7. The minimum atomic E-state index is 0.0358. The molecule has 0 atom stereocenters. The van der Waals surface area contributed by atoms with E-state index < -0.39 is 0 Å². The molecular formula is C18H24BNO. The van der Waals surface area contributed by atoms with Crippen LogP contribution >= 0.6 is 0 Å². The first-order valence-electron chi connectivity index (χ1n) is 7.55. The topological polar surface area (TPSA) is 20.3 Å². The van der Waals surface area contributed by atoms with Gasteiger partial charge in [0.15, 0.2) is 5.78 Å². The fourth-order valence-corrected chi connectivity index (χ4v) is 3.11. The largest absolute Gasteiger partial charge is 0.415 e. The predicted molar refractivity (Wildman–Crippen MR) is 90.9 cm³/mol. The maximum absolute atomic E-state index is 12.1. The Morgan fingerprint density at radius 2 is 1.71 bits per heavy atom. The molecule has 0 saturated heterocycles. The van der Waals surface area contributed by atoms with Crippen molar-refractivity contribution in [1.29, 1.82) is 0 Å². The minimum Gasteiger partial charge on any atom is -0.415 e. The Bertz CT molecular complexity index is 605. The Morgan fingerprint density at radius 1 is 1.14 bits per heavy atom. The molecule has 0 radical (unpaired) electrons. The molecule has 0 amide bonds. The van der Waals surface area contributed by atoms with E-state index in [1.165, 1.54) is 22.2 Å². The van der Waals surface area contributed by atoms with Gasteiger partial charge >= 0.3 is 6.85 Å². The average molecular weight is 281 g/mol. The summed E-state index contributed by atoms with van der Waals surface area (Å²) in [5.74, 6) is 2.38. The summed E-state index contributed by atoms with van der Waals surface area (Å²) in [4.78, 5) is 14.3. The van der Waals surface area contributed by atoms with E-state index in [0.717, 1.165) is 5.57 Å². The lowest BCUT2D eigenvalue weighted by molar-refractivity contribution is -0.118. The highest BCUT2D eigenvalue weighted by molar-refractivity contribution is 6.76. The second-order valence-electron chi connectivity index (χ2n) is 6.39. The van der Waals surface area contributed by atoms with Crippen molar-refractivity contribution in [3.8, 4) is 0 Å². The molecule has 0 aromatic heterocycles. The van der Waals surface area contributed by atoms with Gasteiger partial charge in [-0.1, -0.05) is 54.7 Å². The summed E-state index contributed by atoms with van der Waals surface area (Å²) in [6.45, 7) is 10.5. The smallest absolute Gasteiger partial charge is 0.315 e. The van der Waals surface area contributed by atoms with Crippen LogP contribution in [0.25, 0.3) is 0 Å². The van der Waals surface area contributed by atoms with Gasteiger partial charge in [-0.2, -0.15) is 0 Å². The fraction of sp³-hybridized carbons (Fsp3) is 0.389. The number of ketones is 1. The van der Waals surface area contributed by atoms with Crippen LogP contribution in [0.5, 0.6) is 0 Å². The van der Waals surface area contributed by atoms with Crippen molar-refractivity contribution in [1.82, 2.24) is 4.81 Å². The van der Waals surface area contributed by atoms with Crippen molar-refractivity contribution in [3.05, 3.63) is 52.6 Å². The van der Waals surface area contributed by atoms with Gasteiger partial charge in [0.1, 0.15) is 0 Å². The number of benzene rings is 1. The van der Waals surface area contributed by atoms with E-state index in [9.17, 15) is 4.79 Å². The summed E-state index contributed by atoms with van der Waals surface area (Å²) >= 11 is 0. The van der Waals surface area contributed by atoms with Crippen LogP contribution in [-0.2, 0) is 4.79 Å². The quantitative estimate of drug-likeness (QED) is 0.794. The van der Waals surface area contributed by atoms with Gasteiger partial charge < -0.3 is 4.81 Å². The van der Waals surface area contributed by atoms with Crippen LogP contribution in [0, 0.1) is 26.7 Å². The maximum atomic E-state index is 12.1. The summed E-state index contributed by atoms with van der Waals surface area (Å²) in [7, 11) is 2.04. The van der Waals surface area contributed by atoms with Crippen molar-refractivity contribution in [2.45, 2.75) is 34.6 Å². The normalized spacial score (nSPS) is 14.7. The molecule has 1 aliphatic heterocycles. The number of hydrogen-bond donors (Lipinski definition) is 0. The van der Waals surface area contributed by atoms with Gasteiger partial charge in [0.25, 0.3) is 0 Å². The zero-order valence-electron chi connectivity index (χ0n) is 13.9. The second kappa shape index (κ2) is 5.93. The number of hydrogen-bond acceptors (Lipinski definition) is 2. The summed E-state index contributed by atoms with van der Waals surface area (Å²) < 4.78 is 0. The lowest BCUT2D eigenvalue weighted by atomic mass is 9.51. The van der Waals surface area contributed by atoms with E-state index in [2.05, 4.69) is 43.7 Å². The number of nitrogens with zero attached hydrogens (tertiary/aromatic N) is 1. The first kappa shape index (κ1) is 15.6.